The van der Waals surface area contributed by atoms with Crippen molar-refractivity contribution in [2.45, 2.75) is 13.8 Å². The molecule has 0 N–H and O–H groups in total. The van der Waals surface area contributed by atoms with Crippen LogP contribution >= 0.6 is 0 Å². The van der Waals surface area contributed by atoms with E-state index in [1.165, 1.54) is 16.6 Å². The van der Waals surface area contributed by atoms with E-state index in [1.807, 2.05) is 25.1 Å². The first kappa shape index (κ1) is 18.8. The zero-order valence-corrected chi connectivity index (χ0v) is 16.4. The fraction of sp³-hybridized carbons (Fsp3) is 0.286. The number of aryl methyl sites for hydroxylation is 2. The fourth-order valence-electron chi connectivity index (χ4n) is 3.30. The molecule has 0 radical (unpaired) electrons. The normalized spacial score (nSPS) is 14.3. The number of nitriles is 1. The van der Waals surface area contributed by atoms with E-state index in [0.29, 0.717) is 17.2 Å². The van der Waals surface area contributed by atoms with Crippen molar-refractivity contribution in [1.82, 2.24) is 14.8 Å². The topological polar surface area (TPSA) is 91.7 Å². The molecule has 0 aliphatic carbocycles. The summed E-state index contributed by atoms with van der Waals surface area (Å²) in [6.07, 6.45) is 3.14. The van der Waals surface area contributed by atoms with E-state index in [-0.39, 0.29) is 0 Å². The summed E-state index contributed by atoms with van der Waals surface area (Å²) < 4.78 is 6.97. The first-order valence-corrected chi connectivity index (χ1v) is 9.42. The SMILES string of the molecule is Cc1cc(N2CCOCC2)c(C)cc1/N=N/c1c(C#N)cnn1-c1ccccn1. The lowest BCUT2D eigenvalue weighted by molar-refractivity contribution is 0.122. The number of aromatic nitrogens is 3. The van der Waals surface area contributed by atoms with Crippen LogP contribution in [0.4, 0.5) is 17.2 Å². The van der Waals surface area contributed by atoms with Crippen LogP contribution < -0.4 is 4.90 Å². The maximum Gasteiger partial charge on any atom is 0.197 e. The molecular weight excluding hydrogens is 366 g/mol. The van der Waals surface area contributed by atoms with Gasteiger partial charge in [0, 0.05) is 25.0 Å². The molecule has 1 aliphatic rings. The number of anilines is 1. The van der Waals surface area contributed by atoms with Gasteiger partial charge in [-0.25, -0.2) is 4.98 Å². The van der Waals surface area contributed by atoms with Crippen LogP contribution in [0.1, 0.15) is 16.7 Å². The minimum absolute atomic E-state index is 0.346. The van der Waals surface area contributed by atoms with E-state index in [2.05, 4.69) is 44.3 Å². The summed E-state index contributed by atoms with van der Waals surface area (Å²) in [5.74, 6) is 0.944. The number of azo groups is 1. The van der Waals surface area contributed by atoms with Crippen LogP contribution in [0.5, 0.6) is 0 Å². The second-order valence-electron chi connectivity index (χ2n) is 6.82. The average molecular weight is 387 g/mol. The van der Waals surface area contributed by atoms with Gasteiger partial charge in [0.25, 0.3) is 0 Å². The highest BCUT2D eigenvalue weighted by atomic mass is 16.5. The molecule has 0 atom stereocenters. The van der Waals surface area contributed by atoms with Crippen LogP contribution in [0.3, 0.4) is 0 Å². The van der Waals surface area contributed by atoms with E-state index >= 15 is 0 Å². The first-order valence-electron chi connectivity index (χ1n) is 9.42. The van der Waals surface area contributed by atoms with Gasteiger partial charge in [-0.1, -0.05) is 6.07 Å². The van der Waals surface area contributed by atoms with Crippen molar-refractivity contribution in [3.05, 3.63) is 59.4 Å². The summed E-state index contributed by atoms with van der Waals surface area (Å²) in [5, 5.41) is 22.4. The average Bonchev–Trinajstić information content (AvgIpc) is 3.18. The van der Waals surface area contributed by atoms with Gasteiger partial charge in [0.1, 0.15) is 11.6 Å². The Bertz CT molecular complexity index is 1080. The van der Waals surface area contributed by atoms with Crippen molar-refractivity contribution in [3.8, 4) is 11.9 Å². The maximum atomic E-state index is 9.41. The number of hydrogen-bond acceptors (Lipinski definition) is 7. The number of nitrogens with zero attached hydrogens (tertiary/aromatic N) is 7. The number of morpholine rings is 1. The highest BCUT2D eigenvalue weighted by Gasteiger charge is 2.16. The predicted molar refractivity (Wildman–Crippen MR) is 109 cm³/mol. The quantitative estimate of drug-likeness (QED) is 0.631. The highest BCUT2D eigenvalue weighted by Crippen LogP contribution is 2.31. The second kappa shape index (κ2) is 8.20. The van der Waals surface area contributed by atoms with E-state index in [0.717, 1.165) is 43.1 Å². The first-order chi connectivity index (χ1) is 14.2. The number of hydrogen-bond donors (Lipinski definition) is 0. The molecule has 3 aromatic rings. The number of pyridine rings is 1. The van der Waals surface area contributed by atoms with Crippen LogP contribution in [0.25, 0.3) is 5.82 Å². The Hall–Kier alpha value is -3.57. The standard InChI is InChI=1S/C21H21N7O/c1-15-12-19(27-7-9-29-10-8-27)16(2)11-18(15)25-26-21-17(13-22)14-24-28(21)20-5-3-4-6-23-20/h3-6,11-12,14H,7-10H2,1-2H3/b26-25+. The lowest BCUT2D eigenvalue weighted by atomic mass is 10.1. The third kappa shape index (κ3) is 3.86. The van der Waals surface area contributed by atoms with Gasteiger partial charge in [0.2, 0.25) is 0 Å². The van der Waals surface area contributed by atoms with Gasteiger partial charge in [0.05, 0.1) is 25.1 Å². The van der Waals surface area contributed by atoms with Gasteiger partial charge in [-0.05, 0) is 49.2 Å². The molecule has 1 aromatic carbocycles. The van der Waals surface area contributed by atoms with Gasteiger partial charge < -0.3 is 9.64 Å². The molecule has 29 heavy (non-hydrogen) atoms. The molecule has 4 rings (SSSR count). The van der Waals surface area contributed by atoms with Gasteiger partial charge >= 0.3 is 0 Å². The zero-order chi connectivity index (χ0) is 20.2. The van der Waals surface area contributed by atoms with Crippen molar-refractivity contribution in [3.63, 3.8) is 0 Å². The van der Waals surface area contributed by atoms with Crippen molar-refractivity contribution in [2.24, 2.45) is 10.2 Å². The second-order valence-corrected chi connectivity index (χ2v) is 6.82. The summed E-state index contributed by atoms with van der Waals surface area (Å²) in [7, 11) is 0. The molecule has 8 heteroatoms. The van der Waals surface area contributed by atoms with Crippen LogP contribution in [0.15, 0.2) is 53.0 Å². The Labute approximate surface area is 169 Å². The summed E-state index contributed by atoms with van der Waals surface area (Å²) in [4.78, 5) is 6.61. The van der Waals surface area contributed by atoms with E-state index in [4.69, 9.17) is 4.74 Å². The Morgan fingerprint density at radius 2 is 1.93 bits per heavy atom. The zero-order valence-electron chi connectivity index (χ0n) is 16.4. The molecule has 1 saturated heterocycles. The van der Waals surface area contributed by atoms with Gasteiger partial charge in [-0.3, -0.25) is 0 Å². The van der Waals surface area contributed by atoms with Gasteiger partial charge in [0.15, 0.2) is 11.6 Å². The summed E-state index contributed by atoms with van der Waals surface area (Å²) >= 11 is 0. The minimum atomic E-state index is 0.346. The molecule has 1 fully saturated rings. The van der Waals surface area contributed by atoms with Gasteiger partial charge in [-0.15, -0.1) is 10.2 Å². The molecule has 8 nitrogen and oxygen atoms in total. The Kier molecular flexibility index (Phi) is 5.31. The van der Waals surface area contributed by atoms with Crippen molar-refractivity contribution >= 4 is 17.2 Å². The number of ether oxygens (including phenoxy) is 1. The third-order valence-electron chi connectivity index (χ3n) is 4.85. The molecule has 146 valence electrons. The van der Waals surface area contributed by atoms with E-state index in [9.17, 15) is 5.26 Å². The minimum Gasteiger partial charge on any atom is -0.378 e. The molecule has 1 aliphatic heterocycles. The van der Waals surface area contributed by atoms with Gasteiger partial charge in [-0.2, -0.15) is 15.0 Å². The van der Waals surface area contributed by atoms with Crippen molar-refractivity contribution in [2.75, 3.05) is 31.2 Å². The highest BCUT2D eigenvalue weighted by molar-refractivity contribution is 5.63. The molecular formula is C21H21N7O. The summed E-state index contributed by atoms with van der Waals surface area (Å²) in [6, 6.07) is 11.8. The molecule has 0 spiro atoms. The van der Waals surface area contributed by atoms with E-state index in [1.54, 1.807) is 12.3 Å². The molecule has 3 heterocycles. The molecule has 2 aromatic heterocycles. The fourth-order valence-corrected chi connectivity index (χ4v) is 3.30. The smallest absolute Gasteiger partial charge is 0.197 e. The Balaban J connectivity index is 1.67. The monoisotopic (exact) mass is 387 g/mol. The third-order valence-corrected chi connectivity index (χ3v) is 4.85. The largest absolute Gasteiger partial charge is 0.378 e. The predicted octanol–water partition coefficient (Wildman–Crippen LogP) is 4.01. The Morgan fingerprint density at radius 1 is 1.10 bits per heavy atom. The summed E-state index contributed by atoms with van der Waals surface area (Å²) in [6.45, 7) is 7.34. The van der Waals surface area contributed by atoms with Crippen LogP contribution in [0, 0.1) is 25.2 Å². The lowest BCUT2D eigenvalue weighted by Crippen LogP contribution is -2.36. The maximum absolute atomic E-state index is 9.41. The molecule has 0 bridgehead atoms. The van der Waals surface area contributed by atoms with Crippen molar-refractivity contribution < 1.29 is 4.74 Å². The Morgan fingerprint density at radius 3 is 2.66 bits per heavy atom. The van der Waals surface area contributed by atoms with Crippen molar-refractivity contribution in [1.29, 1.82) is 5.26 Å². The number of benzene rings is 1. The molecule has 0 unspecified atom stereocenters. The van der Waals surface area contributed by atoms with Crippen LogP contribution in [-0.4, -0.2) is 41.1 Å². The van der Waals surface area contributed by atoms with Crippen LogP contribution in [0.2, 0.25) is 0 Å². The van der Waals surface area contributed by atoms with E-state index < -0.39 is 0 Å². The lowest BCUT2D eigenvalue weighted by Gasteiger charge is -2.30. The molecule has 0 saturated carbocycles. The van der Waals surface area contributed by atoms with Crippen LogP contribution in [-0.2, 0) is 4.74 Å². The summed E-state index contributed by atoms with van der Waals surface area (Å²) in [5.41, 5.74) is 4.45. The number of rotatable bonds is 4. The molecule has 0 amide bonds.